The van der Waals surface area contributed by atoms with Crippen LogP contribution in [-0.4, -0.2) is 32.7 Å². The van der Waals surface area contributed by atoms with Crippen LogP contribution in [0.25, 0.3) is 0 Å². The lowest BCUT2D eigenvalue weighted by Gasteiger charge is -2.12. The second-order valence-electron chi connectivity index (χ2n) is 5.45. The zero-order chi connectivity index (χ0) is 17.7. The number of carbonyl (C=O) groups excluding carboxylic acids is 1. The van der Waals surface area contributed by atoms with Crippen molar-refractivity contribution in [1.29, 1.82) is 0 Å². The van der Waals surface area contributed by atoms with Crippen LogP contribution in [0.15, 0.2) is 53.4 Å². The molecule has 0 aliphatic heterocycles. The Balaban J connectivity index is 1.96. The van der Waals surface area contributed by atoms with E-state index in [9.17, 15) is 17.6 Å². The second-order valence-corrected chi connectivity index (χ2v) is 7.60. The van der Waals surface area contributed by atoms with Gasteiger partial charge >= 0.3 is 0 Å². The number of benzene rings is 2. The van der Waals surface area contributed by atoms with Crippen LogP contribution in [0.2, 0.25) is 0 Å². The van der Waals surface area contributed by atoms with Gasteiger partial charge in [0.2, 0.25) is 15.9 Å². The number of nitrogens with one attached hydrogen (secondary N) is 1. The van der Waals surface area contributed by atoms with Crippen molar-refractivity contribution in [2.24, 2.45) is 0 Å². The average Bonchev–Trinajstić information content (AvgIpc) is 2.54. The summed E-state index contributed by atoms with van der Waals surface area (Å²) >= 11 is 0. The first-order chi connectivity index (χ1) is 11.3. The highest BCUT2D eigenvalue weighted by molar-refractivity contribution is 7.89. The highest BCUT2D eigenvalue weighted by atomic mass is 32.2. The van der Waals surface area contributed by atoms with E-state index in [0.717, 1.165) is 4.31 Å². The standard InChI is InChI=1S/C17H19FN2O3S/c1-20(2)24(22,23)15-10-8-14(9-11-15)19-17(21)12-7-13-5-3-4-6-16(13)18/h3-6,8-11H,7,12H2,1-2H3,(H,19,21). The number of halogens is 1. The van der Waals surface area contributed by atoms with Crippen LogP contribution in [-0.2, 0) is 21.2 Å². The van der Waals surface area contributed by atoms with E-state index in [1.54, 1.807) is 18.2 Å². The third kappa shape index (κ3) is 4.39. The Labute approximate surface area is 141 Å². The molecule has 2 rings (SSSR count). The van der Waals surface area contributed by atoms with Crippen LogP contribution in [0.5, 0.6) is 0 Å². The van der Waals surface area contributed by atoms with E-state index in [4.69, 9.17) is 0 Å². The Morgan fingerprint density at radius 2 is 1.71 bits per heavy atom. The fourth-order valence-corrected chi connectivity index (χ4v) is 3.00. The molecule has 5 nitrogen and oxygen atoms in total. The van der Waals surface area contributed by atoms with Crippen molar-refractivity contribution in [3.8, 4) is 0 Å². The van der Waals surface area contributed by atoms with E-state index in [0.29, 0.717) is 17.7 Å². The predicted octanol–water partition coefficient (Wildman–Crippen LogP) is 2.65. The normalized spacial score (nSPS) is 11.5. The molecule has 0 bridgehead atoms. The van der Waals surface area contributed by atoms with E-state index >= 15 is 0 Å². The molecule has 0 spiro atoms. The minimum Gasteiger partial charge on any atom is -0.326 e. The highest BCUT2D eigenvalue weighted by Gasteiger charge is 2.16. The Morgan fingerprint density at radius 3 is 2.29 bits per heavy atom. The second kappa shape index (κ2) is 7.55. The van der Waals surface area contributed by atoms with E-state index in [2.05, 4.69) is 5.32 Å². The number of amides is 1. The third-order valence-electron chi connectivity index (χ3n) is 3.50. The molecule has 0 saturated heterocycles. The Morgan fingerprint density at radius 1 is 1.08 bits per heavy atom. The van der Waals surface area contributed by atoms with Gasteiger partial charge in [-0.2, -0.15) is 0 Å². The maximum absolute atomic E-state index is 13.5. The summed E-state index contributed by atoms with van der Waals surface area (Å²) in [5.74, 6) is -0.593. The quantitative estimate of drug-likeness (QED) is 0.871. The lowest BCUT2D eigenvalue weighted by atomic mass is 10.1. The zero-order valence-electron chi connectivity index (χ0n) is 13.5. The van der Waals surface area contributed by atoms with Gasteiger partial charge in [0, 0.05) is 26.2 Å². The van der Waals surface area contributed by atoms with E-state index in [-0.39, 0.29) is 23.0 Å². The number of nitrogens with zero attached hydrogens (tertiary/aromatic N) is 1. The molecule has 0 heterocycles. The van der Waals surface area contributed by atoms with Crippen molar-refractivity contribution in [2.75, 3.05) is 19.4 Å². The van der Waals surface area contributed by atoms with E-state index in [1.807, 2.05) is 0 Å². The molecule has 0 radical (unpaired) electrons. The summed E-state index contributed by atoms with van der Waals surface area (Å²) in [6.45, 7) is 0. The van der Waals surface area contributed by atoms with Crippen molar-refractivity contribution < 1.29 is 17.6 Å². The molecule has 24 heavy (non-hydrogen) atoms. The Hall–Kier alpha value is -2.25. The van der Waals surface area contributed by atoms with Gasteiger partial charge in [-0.05, 0) is 42.3 Å². The van der Waals surface area contributed by atoms with Gasteiger partial charge in [0.05, 0.1) is 4.90 Å². The lowest BCUT2D eigenvalue weighted by molar-refractivity contribution is -0.116. The van der Waals surface area contributed by atoms with Crippen molar-refractivity contribution in [2.45, 2.75) is 17.7 Å². The topological polar surface area (TPSA) is 66.5 Å². The SMILES string of the molecule is CN(C)S(=O)(=O)c1ccc(NC(=O)CCc2ccccc2F)cc1. The molecular formula is C17H19FN2O3S. The average molecular weight is 350 g/mol. The molecule has 7 heteroatoms. The summed E-state index contributed by atoms with van der Waals surface area (Å²) in [5, 5.41) is 2.67. The minimum absolute atomic E-state index is 0.138. The summed E-state index contributed by atoms with van der Waals surface area (Å²) in [5.41, 5.74) is 0.978. The number of aryl methyl sites for hydroxylation is 1. The fourth-order valence-electron chi connectivity index (χ4n) is 2.09. The maximum Gasteiger partial charge on any atom is 0.242 e. The van der Waals surface area contributed by atoms with Crippen molar-refractivity contribution >= 4 is 21.6 Å². The van der Waals surface area contributed by atoms with Gasteiger partial charge in [0.1, 0.15) is 5.82 Å². The predicted molar refractivity (Wildman–Crippen MR) is 90.7 cm³/mol. The van der Waals surface area contributed by atoms with E-state index < -0.39 is 10.0 Å². The molecule has 128 valence electrons. The fraction of sp³-hybridized carbons (Fsp3) is 0.235. The first kappa shape index (κ1) is 18.1. The maximum atomic E-state index is 13.5. The Bertz CT molecular complexity index is 818. The number of hydrogen-bond acceptors (Lipinski definition) is 3. The van der Waals surface area contributed by atoms with Crippen molar-refractivity contribution in [3.63, 3.8) is 0 Å². The van der Waals surface area contributed by atoms with Gasteiger partial charge in [-0.1, -0.05) is 18.2 Å². The van der Waals surface area contributed by atoms with Crippen LogP contribution < -0.4 is 5.32 Å². The number of carbonyl (C=O) groups is 1. The smallest absolute Gasteiger partial charge is 0.242 e. The molecule has 0 aliphatic carbocycles. The van der Waals surface area contributed by atoms with Gasteiger partial charge in [0.15, 0.2) is 0 Å². The van der Waals surface area contributed by atoms with Crippen LogP contribution in [0.1, 0.15) is 12.0 Å². The molecule has 1 N–H and O–H groups in total. The molecular weight excluding hydrogens is 331 g/mol. The lowest BCUT2D eigenvalue weighted by Crippen LogP contribution is -2.22. The van der Waals surface area contributed by atoms with E-state index in [1.165, 1.54) is 44.4 Å². The third-order valence-corrected chi connectivity index (χ3v) is 5.33. The minimum atomic E-state index is -3.49. The van der Waals surface area contributed by atoms with Crippen molar-refractivity contribution in [3.05, 3.63) is 59.9 Å². The first-order valence-corrected chi connectivity index (χ1v) is 8.80. The molecule has 0 fully saturated rings. The number of anilines is 1. The summed E-state index contributed by atoms with van der Waals surface area (Å²) in [7, 11) is -0.590. The van der Waals surface area contributed by atoms with Gasteiger partial charge in [-0.15, -0.1) is 0 Å². The van der Waals surface area contributed by atoms with Gasteiger partial charge in [-0.25, -0.2) is 17.1 Å². The van der Waals surface area contributed by atoms with Crippen LogP contribution in [0.3, 0.4) is 0 Å². The highest BCUT2D eigenvalue weighted by Crippen LogP contribution is 2.17. The molecule has 0 saturated carbocycles. The molecule has 1 amide bonds. The number of rotatable bonds is 6. The van der Waals surface area contributed by atoms with Gasteiger partial charge < -0.3 is 5.32 Å². The first-order valence-electron chi connectivity index (χ1n) is 7.36. The zero-order valence-corrected chi connectivity index (χ0v) is 14.3. The Kier molecular flexibility index (Phi) is 5.69. The van der Waals surface area contributed by atoms with Gasteiger partial charge in [-0.3, -0.25) is 4.79 Å². The molecule has 0 unspecified atom stereocenters. The molecule has 0 aliphatic rings. The number of sulfonamides is 1. The summed E-state index contributed by atoms with van der Waals surface area (Å²) in [4.78, 5) is 12.1. The molecule has 2 aromatic carbocycles. The van der Waals surface area contributed by atoms with Crippen LogP contribution in [0.4, 0.5) is 10.1 Å². The molecule has 2 aromatic rings. The summed E-state index contributed by atoms with van der Waals surface area (Å²) < 4.78 is 38.5. The van der Waals surface area contributed by atoms with Crippen LogP contribution in [0, 0.1) is 5.82 Å². The van der Waals surface area contributed by atoms with Gasteiger partial charge in [0.25, 0.3) is 0 Å². The molecule has 0 aromatic heterocycles. The van der Waals surface area contributed by atoms with Crippen molar-refractivity contribution in [1.82, 2.24) is 4.31 Å². The molecule has 0 atom stereocenters. The summed E-state index contributed by atoms with van der Waals surface area (Å²) in [6, 6.07) is 12.2. The monoisotopic (exact) mass is 350 g/mol. The number of hydrogen-bond donors (Lipinski definition) is 1. The summed E-state index contributed by atoms with van der Waals surface area (Å²) in [6.07, 6.45) is 0.435. The largest absolute Gasteiger partial charge is 0.326 e. The van der Waals surface area contributed by atoms with Crippen LogP contribution >= 0.6 is 0 Å².